The molecule has 1 N–H and O–H groups in total. The SMILES string of the molecule is COc1ccc(COc2ccc([C@@H](C)O)cc2C)cc1. The molecule has 0 saturated heterocycles. The molecule has 3 heteroatoms. The molecule has 2 rings (SSSR count). The van der Waals surface area contributed by atoms with Crippen molar-refractivity contribution in [1.82, 2.24) is 0 Å². The van der Waals surface area contributed by atoms with Crippen molar-refractivity contribution in [2.45, 2.75) is 26.6 Å². The fourth-order valence-electron chi connectivity index (χ4n) is 1.98. The van der Waals surface area contributed by atoms with Gasteiger partial charge in [-0.3, -0.25) is 0 Å². The topological polar surface area (TPSA) is 38.7 Å². The lowest BCUT2D eigenvalue weighted by atomic mass is 10.1. The summed E-state index contributed by atoms with van der Waals surface area (Å²) in [6.07, 6.45) is -0.454. The van der Waals surface area contributed by atoms with E-state index in [4.69, 9.17) is 9.47 Å². The number of aryl methyl sites for hydroxylation is 1. The van der Waals surface area contributed by atoms with Crippen LogP contribution in [0.5, 0.6) is 11.5 Å². The molecule has 20 heavy (non-hydrogen) atoms. The second-order valence-corrected chi connectivity index (χ2v) is 4.84. The Morgan fingerprint density at radius 2 is 1.80 bits per heavy atom. The summed E-state index contributed by atoms with van der Waals surface area (Å²) in [5.41, 5.74) is 3.01. The Morgan fingerprint density at radius 1 is 1.10 bits per heavy atom. The van der Waals surface area contributed by atoms with Gasteiger partial charge in [-0.25, -0.2) is 0 Å². The molecule has 0 aliphatic carbocycles. The lowest BCUT2D eigenvalue weighted by Gasteiger charge is -2.12. The van der Waals surface area contributed by atoms with Crippen LogP contribution >= 0.6 is 0 Å². The summed E-state index contributed by atoms with van der Waals surface area (Å²) in [5, 5.41) is 9.54. The van der Waals surface area contributed by atoms with Crippen LogP contribution in [0.15, 0.2) is 42.5 Å². The Morgan fingerprint density at radius 3 is 2.35 bits per heavy atom. The van der Waals surface area contributed by atoms with Gasteiger partial charge in [0.25, 0.3) is 0 Å². The summed E-state index contributed by atoms with van der Waals surface area (Å²) < 4.78 is 10.9. The minimum absolute atomic E-state index is 0.454. The molecule has 0 heterocycles. The molecule has 0 spiro atoms. The molecule has 0 aliphatic rings. The molecule has 2 aromatic rings. The zero-order chi connectivity index (χ0) is 14.5. The standard InChI is InChI=1S/C17H20O3/c1-12-10-15(13(2)18)6-9-17(12)20-11-14-4-7-16(19-3)8-5-14/h4-10,13,18H,11H2,1-3H3/t13-/m1/s1. The Hall–Kier alpha value is -2.00. The molecule has 3 nitrogen and oxygen atoms in total. The van der Waals surface area contributed by atoms with E-state index >= 15 is 0 Å². The van der Waals surface area contributed by atoms with Crippen LogP contribution in [-0.4, -0.2) is 12.2 Å². The number of aliphatic hydroxyl groups is 1. The Balaban J connectivity index is 2.03. The average Bonchev–Trinajstić information content (AvgIpc) is 2.46. The predicted molar refractivity (Wildman–Crippen MR) is 79.1 cm³/mol. The van der Waals surface area contributed by atoms with Crippen LogP contribution in [0.2, 0.25) is 0 Å². The summed E-state index contributed by atoms with van der Waals surface area (Å²) in [7, 11) is 1.65. The van der Waals surface area contributed by atoms with E-state index < -0.39 is 6.10 Å². The quantitative estimate of drug-likeness (QED) is 0.903. The molecule has 1 atom stereocenters. The lowest BCUT2D eigenvalue weighted by molar-refractivity contribution is 0.199. The van der Waals surface area contributed by atoms with Crippen molar-refractivity contribution in [2.24, 2.45) is 0 Å². The van der Waals surface area contributed by atoms with Gasteiger partial charge in [0.2, 0.25) is 0 Å². The van der Waals surface area contributed by atoms with Crippen molar-refractivity contribution in [2.75, 3.05) is 7.11 Å². The number of hydrogen-bond acceptors (Lipinski definition) is 3. The third-order valence-corrected chi connectivity index (χ3v) is 3.23. The fraction of sp³-hybridized carbons (Fsp3) is 0.294. The molecule has 0 radical (unpaired) electrons. The molecule has 0 aromatic heterocycles. The van der Waals surface area contributed by atoms with Crippen molar-refractivity contribution in [3.05, 3.63) is 59.2 Å². The van der Waals surface area contributed by atoms with Crippen LogP contribution in [0.3, 0.4) is 0 Å². The second kappa shape index (κ2) is 6.44. The van der Waals surface area contributed by atoms with Crippen LogP contribution in [0.1, 0.15) is 29.7 Å². The molecule has 2 aromatic carbocycles. The highest BCUT2D eigenvalue weighted by atomic mass is 16.5. The summed E-state index contributed by atoms with van der Waals surface area (Å²) in [4.78, 5) is 0. The van der Waals surface area contributed by atoms with E-state index in [9.17, 15) is 5.11 Å². The van der Waals surface area contributed by atoms with Gasteiger partial charge >= 0.3 is 0 Å². The van der Waals surface area contributed by atoms with Crippen molar-refractivity contribution in [3.63, 3.8) is 0 Å². The molecular formula is C17H20O3. The Labute approximate surface area is 119 Å². The lowest BCUT2D eigenvalue weighted by Crippen LogP contribution is -1.99. The highest BCUT2D eigenvalue weighted by Crippen LogP contribution is 2.23. The minimum atomic E-state index is -0.454. The number of hydrogen-bond donors (Lipinski definition) is 1. The van der Waals surface area contributed by atoms with E-state index in [0.717, 1.165) is 28.2 Å². The van der Waals surface area contributed by atoms with Gasteiger partial charge in [0.05, 0.1) is 13.2 Å². The molecule has 106 valence electrons. The van der Waals surface area contributed by atoms with Gasteiger partial charge in [-0.1, -0.05) is 18.2 Å². The van der Waals surface area contributed by atoms with Crippen molar-refractivity contribution in [3.8, 4) is 11.5 Å². The highest BCUT2D eigenvalue weighted by Gasteiger charge is 2.05. The van der Waals surface area contributed by atoms with Gasteiger partial charge in [-0.2, -0.15) is 0 Å². The highest BCUT2D eigenvalue weighted by molar-refractivity contribution is 5.37. The van der Waals surface area contributed by atoms with Gasteiger partial charge < -0.3 is 14.6 Å². The van der Waals surface area contributed by atoms with E-state index in [1.54, 1.807) is 14.0 Å². The predicted octanol–water partition coefficient (Wildman–Crippen LogP) is 3.64. The maximum absolute atomic E-state index is 9.54. The van der Waals surface area contributed by atoms with E-state index in [-0.39, 0.29) is 0 Å². The number of rotatable bonds is 5. The summed E-state index contributed by atoms with van der Waals surface area (Å²) in [6.45, 7) is 4.25. The minimum Gasteiger partial charge on any atom is -0.497 e. The van der Waals surface area contributed by atoms with E-state index in [0.29, 0.717) is 6.61 Å². The van der Waals surface area contributed by atoms with Crippen LogP contribution in [-0.2, 0) is 6.61 Å². The molecule has 0 amide bonds. The van der Waals surface area contributed by atoms with E-state index in [2.05, 4.69) is 0 Å². The van der Waals surface area contributed by atoms with E-state index in [1.807, 2.05) is 49.4 Å². The maximum Gasteiger partial charge on any atom is 0.122 e. The monoisotopic (exact) mass is 272 g/mol. The number of benzene rings is 2. The van der Waals surface area contributed by atoms with Gasteiger partial charge in [0.15, 0.2) is 0 Å². The number of ether oxygens (including phenoxy) is 2. The molecule has 0 unspecified atom stereocenters. The van der Waals surface area contributed by atoms with Crippen LogP contribution in [0, 0.1) is 6.92 Å². The smallest absolute Gasteiger partial charge is 0.122 e. The summed E-state index contributed by atoms with van der Waals surface area (Å²) in [6, 6.07) is 13.6. The molecule has 0 fully saturated rings. The Kier molecular flexibility index (Phi) is 4.64. The van der Waals surface area contributed by atoms with Crippen LogP contribution < -0.4 is 9.47 Å². The Bertz CT molecular complexity index is 559. The zero-order valence-corrected chi connectivity index (χ0v) is 12.1. The summed E-state index contributed by atoms with van der Waals surface area (Å²) >= 11 is 0. The normalized spacial score (nSPS) is 12.0. The first-order valence-corrected chi connectivity index (χ1v) is 6.64. The number of aliphatic hydroxyl groups excluding tert-OH is 1. The third-order valence-electron chi connectivity index (χ3n) is 3.23. The van der Waals surface area contributed by atoms with Crippen molar-refractivity contribution >= 4 is 0 Å². The van der Waals surface area contributed by atoms with E-state index in [1.165, 1.54) is 0 Å². The molecule has 0 aliphatic heterocycles. The van der Waals surface area contributed by atoms with Gasteiger partial charge in [0.1, 0.15) is 18.1 Å². The fourth-order valence-corrected chi connectivity index (χ4v) is 1.98. The van der Waals surface area contributed by atoms with Gasteiger partial charge in [-0.05, 0) is 54.8 Å². The van der Waals surface area contributed by atoms with Gasteiger partial charge in [-0.15, -0.1) is 0 Å². The molecule has 0 bridgehead atoms. The number of methoxy groups -OCH3 is 1. The maximum atomic E-state index is 9.54. The zero-order valence-electron chi connectivity index (χ0n) is 12.1. The largest absolute Gasteiger partial charge is 0.497 e. The molecule has 0 saturated carbocycles. The van der Waals surface area contributed by atoms with Crippen molar-refractivity contribution in [1.29, 1.82) is 0 Å². The summed E-state index contributed by atoms with van der Waals surface area (Å²) in [5.74, 6) is 1.68. The van der Waals surface area contributed by atoms with Gasteiger partial charge in [0, 0.05) is 0 Å². The van der Waals surface area contributed by atoms with Crippen molar-refractivity contribution < 1.29 is 14.6 Å². The second-order valence-electron chi connectivity index (χ2n) is 4.84. The first-order valence-electron chi connectivity index (χ1n) is 6.64. The first-order chi connectivity index (χ1) is 9.60. The van der Waals surface area contributed by atoms with Crippen LogP contribution in [0.25, 0.3) is 0 Å². The first kappa shape index (κ1) is 14.4. The average molecular weight is 272 g/mol. The third kappa shape index (κ3) is 3.52. The molecular weight excluding hydrogens is 252 g/mol. The van der Waals surface area contributed by atoms with Crippen LogP contribution in [0.4, 0.5) is 0 Å².